The monoisotopic (exact) mass is 377 g/mol. The third-order valence-corrected chi connectivity index (χ3v) is 5.56. The van der Waals surface area contributed by atoms with Crippen LogP contribution in [0.15, 0.2) is 24.5 Å². The van der Waals surface area contributed by atoms with Crippen LogP contribution in [0.3, 0.4) is 0 Å². The molecule has 1 amide bonds. The van der Waals surface area contributed by atoms with Gasteiger partial charge in [-0.2, -0.15) is 0 Å². The lowest BCUT2D eigenvalue weighted by Crippen LogP contribution is -2.40. The Labute approximate surface area is 159 Å². The number of aromatic nitrogens is 2. The first-order valence-electron chi connectivity index (χ1n) is 9.27. The minimum Gasteiger partial charge on any atom is -0.338 e. The lowest BCUT2D eigenvalue weighted by Gasteiger charge is -2.33. The molecule has 1 aliphatic heterocycles. The first kappa shape index (κ1) is 18.9. The van der Waals surface area contributed by atoms with Crippen LogP contribution < -0.4 is 0 Å². The topological polar surface area (TPSA) is 38.1 Å². The molecule has 4 nitrogen and oxygen atoms in total. The zero-order valence-corrected chi connectivity index (χ0v) is 16.1. The average molecular weight is 378 g/mol. The summed E-state index contributed by atoms with van der Waals surface area (Å²) >= 11 is 6.23. The highest BCUT2D eigenvalue weighted by Crippen LogP contribution is 2.30. The molecule has 0 saturated carbocycles. The van der Waals surface area contributed by atoms with Gasteiger partial charge in [0.15, 0.2) is 0 Å². The van der Waals surface area contributed by atoms with E-state index < -0.39 is 5.82 Å². The maximum Gasteiger partial charge on any atom is 0.258 e. The Morgan fingerprint density at radius 2 is 2.23 bits per heavy atom. The van der Waals surface area contributed by atoms with Crippen molar-refractivity contribution in [3.8, 4) is 0 Å². The Balaban J connectivity index is 1.80. The second-order valence-electron chi connectivity index (χ2n) is 6.98. The lowest BCUT2D eigenvalue weighted by atomic mass is 9.96. The highest BCUT2D eigenvalue weighted by Gasteiger charge is 2.30. The molecule has 3 rings (SSSR count). The second kappa shape index (κ2) is 8.21. The number of nitrogens with zero attached hydrogens (tertiary/aromatic N) is 3. The van der Waals surface area contributed by atoms with Crippen molar-refractivity contribution < 1.29 is 9.18 Å². The molecule has 1 aliphatic rings. The SMILES string of the molecule is CCCCn1ccnc1C1CCCN(C(=O)c2c(F)ccc(C)c2Cl)C1. The van der Waals surface area contributed by atoms with E-state index in [2.05, 4.69) is 16.5 Å². The van der Waals surface area contributed by atoms with Gasteiger partial charge in [-0.3, -0.25) is 4.79 Å². The minimum absolute atomic E-state index is 0.0124. The highest BCUT2D eigenvalue weighted by molar-refractivity contribution is 6.34. The van der Waals surface area contributed by atoms with Crippen LogP contribution in [0.25, 0.3) is 0 Å². The molecule has 0 N–H and O–H groups in total. The third kappa shape index (κ3) is 3.78. The van der Waals surface area contributed by atoms with Crippen molar-refractivity contribution in [3.05, 3.63) is 52.3 Å². The number of benzene rings is 1. The summed E-state index contributed by atoms with van der Waals surface area (Å²) in [4.78, 5) is 19.2. The molecule has 0 spiro atoms. The number of hydrogen-bond acceptors (Lipinski definition) is 2. The quantitative estimate of drug-likeness (QED) is 0.750. The Hall–Kier alpha value is -1.88. The van der Waals surface area contributed by atoms with Crippen molar-refractivity contribution in [2.45, 2.75) is 52.0 Å². The van der Waals surface area contributed by atoms with E-state index >= 15 is 0 Å². The largest absolute Gasteiger partial charge is 0.338 e. The zero-order valence-electron chi connectivity index (χ0n) is 15.3. The fourth-order valence-corrected chi connectivity index (χ4v) is 3.82. The first-order valence-corrected chi connectivity index (χ1v) is 9.65. The van der Waals surface area contributed by atoms with E-state index in [1.165, 1.54) is 6.07 Å². The van der Waals surface area contributed by atoms with Gasteiger partial charge in [0.05, 0.1) is 10.6 Å². The van der Waals surface area contributed by atoms with Crippen LogP contribution in [-0.2, 0) is 6.54 Å². The van der Waals surface area contributed by atoms with Gasteiger partial charge in [0, 0.05) is 37.9 Å². The van der Waals surface area contributed by atoms with Crippen LogP contribution in [0.1, 0.15) is 60.3 Å². The molecule has 0 radical (unpaired) electrons. The van der Waals surface area contributed by atoms with Crippen LogP contribution in [0, 0.1) is 12.7 Å². The second-order valence-corrected chi connectivity index (χ2v) is 7.35. The molecular weight excluding hydrogens is 353 g/mol. The van der Waals surface area contributed by atoms with E-state index in [0.29, 0.717) is 18.7 Å². The van der Waals surface area contributed by atoms with Gasteiger partial charge >= 0.3 is 0 Å². The summed E-state index contributed by atoms with van der Waals surface area (Å²) in [6.45, 7) is 6.05. The molecule has 1 aromatic carbocycles. The number of piperidine rings is 1. The van der Waals surface area contributed by atoms with Crippen molar-refractivity contribution in [2.24, 2.45) is 0 Å². The van der Waals surface area contributed by atoms with Crippen molar-refractivity contribution in [3.63, 3.8) is 0 Å². The van der Waals surface area contributed by atoms with Crippen molar-refractivity contribution >= 4 is 17.5 Å². The Bertz CT molecular complexity index is 789. The van der Waals surface area contributed by atoms with Gasteiger partial charge in [-0.1, -0.05) is 31.0 Å². The summed E-state index contributed by atoms with van der Waals surface area (Å²) < 4.78 is 16.4. The number of halogens is 2. The molecular formula is C20H25ClFN3O. The van der Waals surface area contributed by atoms with Crippen LogP contribution in [0.5, 0.6) is 0 Å². The fourth-order valence-electron chi connectivity index (χ4n) is 3.58. The number of carbonyl (C=O) groups excluding carboxylic acids is 1. The molecule has 140 valence electrons. The smallest absolute Gasteiger partial charge is 0.258 e. The number of hydrogen-bond donors (Lipinski definition) is 0. The Morgan fingerprint density at radius 3 is 3.00 bits per heavy atom. The van der Waals surface area contributed by atoms with E-state index in [4.69, 9.17) is 11.6 Å². The third-order valence-electron chi connectivity index (χ3n) is 5.07. The van der Waals surface area contributed by atoms with Gasteiger partial charge in [-0.25, -0.2) is 9.37 Å². The summed E-state index contributed by atoms with van der Waals surface area (Å²) in [5.41, 5.74) is 0.696. The summed E-state index contributed by atoms with van der Waals surface area (Å²) in [6.07, 6.45) is 7.91. The van der Waals surface area contributed by atoms with Gasteiger partial charge in [-0.05, 0) is 37.8 Å². The van der Waals surface area contributed by atoms with E-state index in [0.717, 1.165) is 38.1 Å². The van der Waals surface area contributed by atoms with Crippen molar-refractivity contribution in [1.29, 1.82) is 0 Å². The van der Waals surface area contributed by atoms with Gasteiger partial charge in [-0.15, -0.1) is 0 Å². The molecule has 0 bridgehead atoms. The average Bonchev–Trinajstić information content (AvgIpc) is 3.12. The number of likely N-dealkylation sites (tertiary alicyclic amines) is 1. The van der Waals surface area contributed by atoms with Gasteiger partial charge < -0.3 is 9.47 Å². The van der Waals surface area contributed by atoms with Crippen molar-refractivity contribution in [1.82, 2.24) is 14.5 Å². The van der Waals surface area contributed by atoms with Crippen LogP contribution in [0.2, 0.25) is 5.02 Å². The van der Waals surface area contributed by atoms with Gasteiger partial charge in [0.25, 0.3) is 5.91 Å². The summed E-state index contributed by atoms with van der Waals surface area (Å²) in [5, 5.41) is 0.210. The molecule has 2 heterocycles. The standard InChI is InChI=1S/C20H25ClFN3O/c1-3-4-10-24-12-9-23-19(24)15-6-5-11-25(13-15)20(26)17-16(22)8-7-14(2)18(17)21/h7-9,12,15H,3-6,10-11,13H2,1-2H3. The minimum atomic E-state index is -0.558. The summed E-state index contributed by atoms with van der Waals surface area (Å²) in [6, 6.07) is 2.91. The van der Waals surface area contributed by atoms with E-state index in [-0.39, 0.29) is 22.4 Å². The summed E-state index contributed by atoms with van der Waals surface area (Å²) in [7, 11) is 0. The molecule has 6 heteroatoms. The molecule has 26 heavy (non-hydrogen) atoms. The summed E-state index contributed by atoms with van der Waals surface area (Å²) in [5.74, 6) is 0.308. The molecule has 1 unspecified atom stereocenters. The molecule has 1 aromatic heterocycles. The number of aryl methyl sites for hydroxylation is 2. The predicted molar refractivity (Wildman–Crippen MR) is 101 cm³/mol. The number of amides is 1. The van der Waals surface area contributed by atoms with Gasteiger partial charge in [0.2, 0.25) is 0 Å². The Kier molecular flexibility index (Phi) is 5.97. The molecule has 1 fully saturated rings. The molecule has 0 aliphatic carbocycles. The number of rotatable bonds is 5. The lowest BCUT2D eigenvalue weighted by molar-refractivity contribution is 0.0698. The molecule has 2 aromatic rings. The van der Waals surface area contributed by atoms with Crippen molar-refractivity contribution in [2.75, 3.05) is 13.1 Å². The molecule has 1 saturated heterocycles. The highest BCUT2D eigenvalue weighted by atomic mass is 35.5. The maximum atomic E-state index is 14.3. The number of imidazole rings is 1. The van der Waals surface area contributed by atoms with Crippen LogP contribution >= 0.6 is 11.6 Å². The van der Waals surface area contributed by atoms with E-state index in [9.17, 15) is 9.18 Å². The first-order chi connectivity index (χ1) is 12.5. The van der Waals surface area contributed by atoms with Crippen LogP contribution in [-0.4, -0.2) is 33.4 Å². The zero-order chi connectivity index (χ0) is 18.7. The maximum absolute atomic E-state index is 14.3. The predicted octanol–water partition coefficient (Wildman–Crippen LogP) is 4.80. The van der Waals surface area contributed by atoms with E-state index in [1.54, 1.807) is 17.9 Å². The van der Waals surface area contributed by atoms with Gasteiger partial charge in [0.1, 0.15) is 11.6 Å². The number of carbonyl (C=O) groups is 1. The fraction of sp³-hybridized carbons (Fsp3) is 0.500. The Morgan fingerprint density at radius 1 is 1.42 bits per heavy atom. The van der Waals surface area contributed by atoms with Crippen LogP contribution in [0.4, 0.5) is 4.39 Å². The van der Waals surface area contributed by atoms with E-state index in [1.807, 2.05) is 12.4 Å². The number of unbranched alkanes of at least 4 members (excludes halogenated alkanes) is 1. The normalized spacial score (nSPS) is 17.5. The molecule has 1 atom stereocenters.